The summed E-state index contributed by atoms with van der Waals surface area (Å²) < 4.78 is 13.0. The number of ether oxygens (including phenoxy) is 2. The van der Waals surface area contributed by atoms with Crippen LogP contribution in [0, 0.1) is 0 Å². The van der Waals surface area contributed by atoms with E-state index in [9.17, 15) is 0 Å². The molecule has 29 heavy (non-hydrogen) atoms. The fourth-order valence-corrected chi connectivity index (χ4v) is 4.15. The first-order valence-corrected chi connectivity index (χ1v) is 10.3. The van der Waals surface area contributed by atoms with Gasteiger partial charge in [-0.1, -0.05) is 23.5 Å². The van der Waals surface area contributed by atoms with Gasteiger partial charge < -0.3 is 14.8 Å². The zero-order valence-corrected chi connectivity index (χ0v) is 16.4. The predicted molar refractivity (Wildman–Crippen MR) is 116 cm³/mol. The summed E-state index contributed by atoms with van der Waals surface area (Å²) in [5, 5.41) is 4.23. The minimum Gasteiger partial charge on any atom is -0.493 e. The number of fused-ring (bicyclic) bond motifs is 1. The number of nitrogens with one attached hydrogen (secondary N) is 1. The van der Waals surface area contributed by atoms with Crippen LogP contribution in [0.5, 0.6) is 11.6 Å². The largest absolute Gasteiger partial charge is 0.493 e. The maximum Gasteiger partial charge on any atom is 0.226 e. The fourth-order valence-electron chi connectivity index (χ4n) is 3.26. The molecule has 1 aliphatic rings. The Hall–Kier alpha value is -3.38. The molecule has 0 amide bonds. The number of allylic oxidation sites excluding steroid dienone is 1. The van der Waals surface area contributed by atoms with E-state index in [0.717, 1.165) is 45.2 Å². The van der Waals surface area contributed by atoms with E-state index in [1.165, 1.54) is 0 Å². The van der Waals surface area contributed by atoms with Gasteiger partial charge in [0, 0.05) is 11.9 Å². The van der Waals surface area contributed by atoms with Gasteiger partial charge in [-0.05, 0) is 67.4 Å². The van der Waals surface area contributed by atoms with Crippen molar-refractivity contribution >= 4 is 32.4 Å². The molecule has 1 atom stereocenters. The summed E-state index contributed by atoms with van der Waals surface area (Å²) in [4.78, 5) is 9.02. The van der Waals surface area contributed by atoms with E-state index in [1.54, 1.807) is 23.8 Å². The molecule has 1 aliphatic heterocycles. The van der Waals surface area contributed by atoms with E-state index in [4.69, 9.17) is 9.47 Å². The Kier molecular flexibility index (Phi) is 4.84. The molecular weight excluding hydrogens is 382 g/mol. The summed E-state index contributed by atoms with van der Waals surface area (Å²) >= 11 is 1.63. The van der Waals surface area contributed by atoms with E-state index in [2.05, 4.69) is 21.4 Å². The summed E-state index contributed by atoms with van der Waals surface area (Å²) in [6, 6.07) is 19.8. The lowest BCUT2D eigenvalue weighted by Crippen LogP contribution is -2.06. The highest BCUT2D eigenvalue weighted by molar-refractivity contribution is 7.22. The molecule has 5 nitrogen and oxygen atoms in total. The summed E-state index contributed by atoms with van der Waals surface area (Å²) in [5.74, 6) is 1.31. The van der Waals surface area contributed by atoms with E-state index in [1.807, 2.05) is 60.7 Å². The molecule has 0 bridgehead atoms. The van der Waals surface area contributed by atoms with Crippen LogP contribution in [-0.2, 0) is 4.74 Å². The minimum absolute atomic E-state index is 0.0244. The topological polar surface area (TPSA) is 56.3 Å². The lowest BCUT2D eigenvalue weighted by Gasteiger charge is -2.21. The Morgan fingerprint density at radius 1 is 1.03 bits per heavy atom. The first-order valence-electron chi connectivity index (χ1n) is 9.51. The second-order valence-corrected chi connectivity index (χ2v) is 7.74. The maximum atomic E-state index is 6.06. The van der Waals surface area contributed by atoms with Crippen LogP contribution in [-0.4, -0.2) is 9.97 Å². The molecule has 2 aromatic carbocycles. The average molecular weight is 401 g/mol. The number of anilines is 2. The third-order valence-electron chi connectivity index (χ3n) is 4.70. The van der Waals surface area contributed by atoms with Gasteiger partial charge in [0.2, 0.25) is 5.88 Å². The van der Waals surface area contributed by atoms with Crippen LogP contribution in [0.1, 0.15) is 24.5 Å². The van der Waals surface area contributed by atoms with Crippen LogP contribution in [0.4, 0.5) is 10.8 Å². The lowest BCUT2D eigenvalue weighted by atomic mass is 10.0. The molecule has 0 aliphatic carbocycles. The van der Waals surface area contributed by atoms with Crippen LogP contribution < -0.4 is 10.1 Å². The van der Waals surface area contributed by atoms with Crippen molar-refractivity contribution in [1.29, 1.82) is 0 Å². The Labute approximate surface area is 172 Å². The van der Waals surface area contributed by atoms with Crippen molar-refractivity contribution in [3.63, 3.8) is 0 Å². The number of thiazole rings is 1. The second kappa shape index (κ2) is 7.93. The number of hydrogen-bond acceptors (Lipinski definition) is 6. The van der Waals surface area contributed by atoms with Gasteiger partial charge in [-0.25, -0.2) is 9.97 Å². The maximum absolute atomic E-state index is 6.06. The van der Waals surface area contributed by atoms with E-state index >= 15 is 0 Å². The first-order chi connectivity index (χ1) is 14.3. The highest BCUT2D eigenvalue weighted by Crippen LogP contribution is 2.34. The SMILES string of the molecule is C1=CO[C@@H](c2cccnc2Oc2ccc(Nc3nc4ccccc4s3)cc2)CC1. The number of nitrogens with zero attached hydrogens (tertiary/aromatic N) is 2. The van der Waals surface area contributed by atoms with Crippen molar-refractivity contribution in [3.8, 4) is 11.6 Å². The first kappa shape index (κ1) is 17.7. The quantitative estimate of drug-likeness (QED) is 0.409. The number of para-hydroxylation sites is 1. The van der Waals surface area contributed by atoms with Crippen molar-refractivity contribution in [3.05, 3.63) is 84.8 Å². The van der Waals surface area contributed by atoms with Crippen LogP contribution in [0.3, 0.4) is 0 Å². The fraction of sp³-hybridized carbons (Fsp3) is 0.130. The van der Waals surface area contributed by atoms with E-state index in [-0.39, 0.29) is 6.10 Å². The molecule has 2 aromatic heterocycles. The molecule has 4 aromatic rings. The van der Waals surface area contributed by atoms with Gasteiger partial charge in [0.25, 0.3) is 0 Å². The number of aromatic nitrogens is 2. The highest BCUT2D eigenvalue weighted by Gasteiger charge is 2.19. The van der Waals surface area contributed by atoms with Gasteiger partial charge in [0.1, 0.15) is 11.9 Å². The van der Waals surface area contributed by atoms with Gasteiger partial charge in [-0.3, -0.25) is 0 Å². The normalized spacial score (nSPS) is 15.8. The van der Waals surface area contributed by atoms with Crippen molar-refractivity contribution in [2.24, 2.45) is 0 Å². The molecule has 0 spiro atoms. The minimum atomic E-state index is -0.0244. The number of rotatable bonds is 5. The zero-order valence-electron chi connectivity index (χ0n) is 15.6. The lowest BCUT2D eigenvalue weighted by molar-refractivity contribution is 0.122. The Morgan fingerprint density at radius 3 is 2.76 bits per heavy atom. The zero-order chi connectivity index (χ0) is 19.5. The summed E-state index contributed by atoms with van der Waals surface area (Å²) in [6.45, 7) is 0. The van der Waals surface area contributed by atoms with Gasteiger partial charge in [0.15, 0.2) is 5.13 Å². The van der Waals surface area contributed by atoms with E-state index < -0.39 is 0 Å². The molecule has 0 fully saturated rings. The second-order valence-electron chi connectivity index (χ2n) is 6.71. The third-order valence-corrected chi connectivity index (χ3v) is 5.65. The molecule has 3 heterocycles. The smallest absolute Gasteiger partial charge is 0.226 e. The van der Waals surface area contributed by atoms with Crippen LogP contribution in [0.25, 0.3) is 10.2 Å². The summed E-state index contributed by atoms with van der Waals surface area (Å²) in [7, 11) is 0. The van der Waals surface area contributed by atoms with Crippen LogP contribution in [0.15, 0.2) is 79.2 Å². The number of pyridine rings is 1. The molecule has 5 rings (SSSR count). The number of benzene rings is 2. The van der Waals surface area contributed by atoms with Crippen molar-refractivity contribution in [2.75, 3.05) is 5.32 Å². The van der Waals surface area contributed by atoms with E-state index in [0.29, 0.717) is 5.88 Å². The molecule has 6 heteroatoms. The Morgan fingerprint density at radius 2 is 1.93 bits per heavy atom. The molecule has 0 saturated carbocycles. The van der Waals surface area contributed by atoms with Crippen molar-refractivity contribution in [1.82, 2.24) is 9.97 Å². The van der Waals surface area contributed by atoms with Gasteiger partial charge in [-0.15, -0.1) is 0 Å². The Bertz CT molecular complexity index is 1120. The third kappa shape index (κ3) is 3.93. The molecular formula is C23H19N3O2S. The molecule has 144 valence electrons. The standard InChI is InChI=1S/C23H19N3O2S/c1-2-9-21-19(7-1)26-23(29-21)25-16-10-12-17(13-11-16)28-22-18(6-5-14-24-22)20-8-3-4-15-27-20/h1-2,4-7,9-15,20H,3,8H2,(H,25,26)/t20-/m1/s1. The molecule has 0 saturated heterocycles. The monoisotopic (exact) mass is 401 g/mol. The predicted octanol–water partition coefficient (Wildman–Crippen LogP) is 6.59. The number of hydrogen-bond donors (Lipinski definition) is 1. The van der Waals surface area contributed by atoms with Gasteiger partial charge in [0.05, 0.1) is 22.0 Å². The van der Waals surface area contributed by atoms with Crippen LogP contribution in [0.2, 0.25) is 0 Å². The van der Waals surface area contributed by atoms with Crippen molar-refractivity contribution < 1.29 is 9.47 Å². The molecule has 1 N–H and O–H groups in total. The highest BCUT2D eigenvalue weighted by atomic mass is 32.1. The van der Waals surface area contributed by atoms with Gasteiger partial charge >= 0.3 is 0 Å². The molecule has 0 radical (unpaired) electrons. The van der Waals surface area contributed by atoms with Crippen LogP contribution >= 0.6 is 11.3 Å². The van der Waals surface area contributed by atoms with Gasteiger partial charge in [-0.2, -0.15) is 0 Å². The average Bonchev–Trinajstić information content (AvgIpc) is 3.18. The molecule has 0 unspecified atom stereocenters. The van der Waals surface area contributed by atoms with Crippen molar-refractivity contribution in [2.45, 2.75) is 18.9 Å². The Balaban J connectivity index is 1.31. The summed E-state index contributed by atoms with van der Waals surface area (Å²) in [6.07, 6.45) is 7.41. The summed E-state index contributed by atoms with van der Waals surface area (Å²) in [5.41, 5.74) is 2.93.